The molecule has 49 heavy (non-hydrogen) atoms. The fourth-order valence-corrected chi connectivity index (χ4v) is 7.51. The van der Waals surface area contributed by atoms with E-state index in [4.69, 9.17) is 29.2 Å². The minimum absolute atomic E-state index is 0.0376. The van der Waals surface area contributed by atoms with Gasteiger partial charge in [-0.15, -0.1) is 0 Å². The van der Waals surface area contributed by atoms with Gasteiger partial charge in [0, 0.05) is 6.21 Å². The van der Waals surface area contributed by atoms with E-state index in [0.29, 0.717) is 24.0 Å². The van der Waals surface area contributed by atoms with Crippen molar-refractivity contribution in [1.82, 2.24) is 24.6 Å². The van der Waals surface area contributed by atoms with Crippen molar-refractivity contribution in [2.75, 3.05) is 19.5 Å². The molecule has 2 aliphatic rings. The molecular weight excluding hydrogens is 657 g/mol. The molecule has 3 heterocycles. The predicted octanol–water partition coefficient (Wildman–Crippen LogP) is 3.11. The van der Waals surface area contributed by atoms with Gasteiger partial charge in [-0.1, -0.05) is 27.7 Å². The Morgan fingerprint density at radius 3 is 2.29 bits per heavy atom. The van der Waals surface area contributed by atoms with E-state index in [-0.39, 0.29) is 42.5 Å². The number of ether oxygens (including phenoxy) is 4. The molecule has 16 nitrogen and oxygen atoms in total. The lowest BCUT2D eigenvalue weighted by Gasteiger charge is -2.27. The highest BCUT2D eigenvalue weighted by molar-refractivity contribution is 7.49. The van der Waals surface area contributed by atoms with Gasteiger partial charge in [-0.25, -0.2) is 14.8 Å². The van der Waals surface area contributed by atoms with Crippen LogP contribution in [-0.4, -0.2) is 103 Å². The van der Waals surface area contributed by atoms with Crippen LogP contribution in [-0.2, 0) is 28.3 Å². The smallest absolute Gasteiger partial charge is 0.323 e. The van der Waals surface area contributed by atoms with E-state index in [0.717, 1.165) is 0 Å². The van der Waals surface area contributed by atoms with Gasteiger partial charge in [-0.2, -0.15) is 9.97 Å². The molecule has 0 amide bonds. The van der Waals surface area contributed by atoms with E-state index in [1.165, 1.54) is 19.7 Å². The van der Waals surface area contributed by atoms with Gasteiger partial charge in [-0.05, 0) is 59.3 Å². The summed E-state index contributed by atoms with van der Waals surface area (Å²) < 4.78 is 35.0. The van der Waals surface area contributed by atoms with Crippen molar-refractivity contribution >= 4 is 43.7 Å². The van der Waals surface area contributed by atoms with Crippen LogP contribution < -0.4 is 15.6 Å². The number of methoxy groups -OCH3 is 1. The predicted molar refractivity (Wildman–Crippen MR) is 183 cm³/mol. The normalized spacial score (nSPS) is 26.9. The van der Waals surface area contributed by atoms with Gasteiger partial charge >= 0.3 is 11.9 Å². The maximum absolute atomic E-state index is 13.1. The lowest BCUT2D eigenvalue weighted by molar-refractivity contribution is -0.151. The molecule has 1 aliphatic carbocycles. The SMILES string of the molecule is COc1nc(N)nc2c1ncn2C1C2(C)OC(COP(N=CC(CC(C)C)C(=O)OC(C)C)NC(CC(C)C)C(=O)OC(C)C)C(O)C12O. The summed E-state index contributed by atoms with van der Waals surface area (Å²) >= 11 is 0. The first kappa shape index (κ1) is 38.8. The Balaban J connectivity index is 1.56. The second-order valence-corrected chi connectivity index (χ2v) is 15.5. The van der Waals surface area contributed by atoms with Crippen LogP contribution in [0.2, 0.25) is 0 Å². The van der Waals surface area contributed by atoms with Crippen molar-refractivity contribution in [2.24, 2.45) is 22.5 Å². The summed E-state index contributed by atoms with van der Waals surface area (Å²) in [6.45, 7) is 16.6. The lowest BCUT2D eigenvalue weighted by Crippen LogP contribution is -2.41. The quantitative estimate of drug-likeness (QED) is 0.106. The monoisotopic (exact) mass is 709 g/mol. The second-order valence-electron chi connectivity index (χ2n) is 14.2. The lowest BCUT2D eigenvalue weighted by atomic mass is 9.98. The number of hydrogen-bond acceptors (Lipinski definition) is 15. The summed E-state index contributed by atoms with van der Waals surface area (Å²) in [5.41, 5.74) is 3.60. The van der Waals surface area contributed by atoms with Crippen LogP contribution in [0.4, 0.5) is 5.95 Å². The molecule has 2 aromatic heterocycles. The summed E-state index contributed by atoms with van der Waals surface area (Å²) in [5.74, 6) is -1.07. The minimum Gasteiger partial charge on any atom is -0.479 e. The number of aromatic nitrogens is 4. The molecule has 2 fully saturated rings. The van der Waals surface area contributed by atoms with E-state index >= 15 is 0 Å². The summed E-state index contributed by atoms with van der Waals surface area (Å²) in [4.78, 5) is 38.7. The highest BCUT2D eigenvalue weighted by Crippen LogP contribution is 2.67. The molecule has 2 aromatic rings. The number of rotatable bonds is 17. The summed E-state index contributed by atoms with van der Waals surface area (Å²) in [7, 11) is -0.524. The maximum Gasteiger partial charge on any atom is 0.323 e. The molecule has 0 bridgehead atoms. The Labute approximate surface area is 288 Å². The Bertz CT molecular complexity index is 1500. The van der Waals surface area contributed by atoms with Crippen LogP contribution in [0.3, 0.4) is 0 Å². The van der Waals surface area contributed by atoms with Crippen molar-refractivity contribution in [3.63, 3.8) is 0 Å². The first-order valence-electron chi connectivity index (χ1n) is 16.7. The van der Waals surface area contributed by atoms with Gasteiger partial charge in [0.2, 0.25) is 20.3 Å². The van der Waals surface area contributed by atoms with E-state index in [1.807, 2.05) is 27.7 Å². The van der Waals surface area contributed by atoms with Gasteiger partial charge in [0.05, 0.1) is 38.2 Å². The third-order valence-corrected chi connectivity index (χ3v) is 9.70. The number of carbonyl (C=O) groups is 2. The number of carbonyl (C=O) groups excluding carboxylic acids is 2. The van der Waals surface area contributed by atoms with Gasteiger partial charge < -0.3 is 44.0 Å². The molecule has 1 saturated heterocycles. The molecular formula is C32H52N7O9P. The molecule has 274 valence electrons. The van der Waals surface area contributed by atoms with Crippen molar-refractivity contribution in [2.45, 2.75) is 123 Å². The van der Waals surface area contributed by atoms with E-state index in [1.54, 1.807) is 39.2 Å². The zero-order valence-corrected chi connectivity index (χ0v) is 30.9. The zero-order chi connectivity index (χ0) is 36.4. The van der Waals surface area contributed by atoms with Crippen LogP contribution in [0, 0.1) is 17.8 Å². The molecule has 8 atom stereocenters. The third-order valence-electron chi connectivity index (χ3n) is 8.43. The number of nitrogens with one attached hydrogen (secondary N) is 1. The average Bonchev–Trinajstić information content (AvgIpc) is 3.20. The van der Waals surface area contributed by atoms with Crippen molar-refractivity contribution in [3.8, 4) is 5.88 Å². The number of fused-ring (bicyclic) bond motifs is 2. The number of aliphatic hydroxyl groups is 2. The molecule has 0 aromatic carbocycles. The molecule has 0 spiro atoms. The number of aliphatic hydroxyl groups excluding tert-OH is 1. The van der Waals surface area contributed by atoms with Crippen LogP contribution in [0.15, 0.2) is 11.1 Å². The van der Waals surface area contributed by atoms with Gasteiger partial charge in [0.15, 0.2) is 11.2 Å². The Morgan fingerprint density at radius 1 is 1.10 bits per heavy atom. The number of anilines is 1. The number of hydrogen-bond donors (Lipinski definition) is 4. The first-order chi connectivity index (χ1) is 22.9. The molecule has 0 radical (unpaired) electrons. The highest BCUT2D eigenvalue weighted by atomic mass is 31.2. The van der Waals surface area contributed by atoms with Gasteiger partial charge in [-0.3, -0.25) is 9.59 Å². The molecule has 8 unspecified atom stereocenters. The number of imidazole rings is 1. The second kappa shape index (κ2) is 15.5. The Morgan fingerprint density at radius 2 is 1.73 bits per heavy atom. The summed E-state index contributed by atoms with van der Waals surface area (Å²) in [5, 5.41) is 26.4. The van der Waals surface area contributed by atoms with Gasteiger partial charge in [0.1, 0.15) is 35.5 Å². The first-order valence-corrected chi connectivity index (χ1v) is 17.9. The highest BCUT2D eigenvalue weighted by Gasteiger charge is 2.85. The summed E-state index contributed by atoms with van der Waals surface area (Å²) in [6, 6.07) is -1.51. The standard InChI is InChI=1S/C32H52N7O9P/c1-16(2)11-20(27(41)46-18(5)6)13-35-49(38-21(12-17(3)4)28(42)47-19(7)8)45-14-22-24(40)32(43)29(31(32,9)48-22)39-15-34-23-25(39)36-30(33)37-26(23)44-10/h13,15-22,24,29,38,40,43H,11-12,14H2,1-10H3,(H2,33,36,37). The molecule has 1 aliphatic heterocycles. The van der Waals surface area contributed by atoms with Crippen LogP contribution >= 0.6 is 8.45 Å². The molecule has 5 N–H and O–H groups in total. The van der Waals surface area contributed by atoms with Crippen molar-refractivity contribution < 1.29 is 43.3 Å². The van der Waals surface area contributed by atoms with Crippen LogP contribution in [0.1, 0.15) is 81.2 Å². The van der Waals surface area contributed by atoms with E-state index < -0.39 is 61.8 Å². The number of nitrogens with two attached hydrogens (primary N) is 1. The average molecular weight is 710 g/mol. The van der Waals surface area contributed by atoms with Crippen LogP contribution in [0.25, 0.3) is 11.2 Å². The molecule has 1 saturated carbocycles. The largest absolute Gasteiger partial charge is 0.479 e. The Hall–Kier alpha value is -3.01. The number of nitrogen functional groups attached to an aromatic ring is 1. The van der Waals surface area contributed by atoms with Crippen LogP contribution in [0.5, 0.6) is 5.88 Å². The minimum atomic E-state index is -1.96. The Kier molecular flexibility index (Phi) is 12.3. The van der Waals surface area contributed by atoms with Crippen molar-refractivity contribution in [1.29, 1.82) is 0 Å². The maximum atomic E-state index is 13.1. The fraction of sp³-hybridized carbons (Fsp3) is 0.750. The van der Waals surface area contributed by atoms with Gasteiger partial charge in [0.25, 0.3) is 0 Å². The number of nitrogens with zero attached hydrogens (tertiary/aromatic N) is 5. The topological polar surface area (TPSA) is 215 Å². The number of esters is 2. The summed E-state index contributed by atoms with van der Waals surface area (Å²) in [6.07, 6.45) is 0.929. The van der Waals surface area contributed by atoms with E-state index in [9.17, 15) is 19.8 Å². The third kappa shape index (κ3) is 8.32. The molecule has 17 heteroatoms. The van der Waals surface area contributed by atoms with Crippen molar-refractivity contribution in [3.05, 3.63) is 6.33 Å². The van der Waals surface area contributed by atoms with E-state index in [2.05, 4.69) is 24.8 Å². The zero-order valence-electron chi connectivity index (χ0n) is 30.0. The fourth-order valence-electron chi connectivity index (χ4n) is 6.25. The molecule has 4 rings (SSSR count).